The van der Waals surface area contributed by atoms with Gasteiger partial charge in [-0.3, -0.25) is 0 Å². The van der Waals surface area contributed by atoms with Crippen molar-refractivity contribution in [2.24, 2.45) is 16.8 Å². The zero-order valence-electron chi connectivity index (χ0n) is 16.2. The van der Waals surface area contributed by atoms with Crippen LogP contribution in [0.3, 0.4) is 0 Å². The fourth-order valence-corrected chi connectivity index (χ4v) is 2.91. The van der Waals surface area contributed by atoms with Crippen LogP contribution in [0.1, 0.15) is 44.7 Å². The SMILES string of the molecule is CCNC(=NCc1ccccc1COC)NCC(CCO)CC(C)C. The Hall–Kier alpha value is -1.59. The van der Waals surface area contributed by atoms with Crippen molar-refractivity contribution in [3.05, 3.63) is 35.4 Å². The Morgan fingerprint density at radius 1 is 1.20 bits per heavy atom. The minimum atomic E-state index is 0.233. The molecule has 0 bridgehead atoms. The summed E-state index contributed by atoms with van der Waals surface area (Å²) in [5, 5.41) is 16.0. The number of nitrogens with one attached hydrogen (secondary N) is 2. The fraction of sp³-hybridized carbons (Fsp3) is 0.650. The highest BCUT2D eigenvalue weighted by atomic mass is 16.5. The van der Waals surface area contributed by atoms with Gasteiger partial charge in [0.05, 0.1) is 13.2 Å². The normalized spacial score (nSPS) is 13.1. The molecule has 0 spiro atoms. The van der Waals surface area contributed by atoms with Gasteiger partial charge in [0.25, 0.3) is 0 Å². The van der Waals surface area contributed by atoms with Crippen LogP contribution < -0.4 is 10.6 Å². The molecule has 0 saturated carbocycles. The highest BCUT2D eigenvalue weighted by Crippen LogP contribution is 2.14. The van der Waals surface area contributed by atoms with E-state index in [2.05, 4.69) is 43.5 Å². The third-order valence-electron chi connectivity index (χ3n) is 4.07. The van der Waals surface area contributed by atoms with Crippen molar-refractivity contribution in [3.8, 4) is 0 Å². The smallest absolute Gasteiger partial charge is 0.191 e. The van der Waals surface area contributed by atoms with E-state index in [1.165, 1.54) is 11.1 Å². The molecular formula is C20H35N3O2. The Labute approximate surface area is 152 Å². The van der Waals surface area contributed by atoms with Crippen LogP contribution in [0.5, 0.6) is 0 Å². The van der Waals surface area contributed by atoms with E-state index in [4.69, 9.17) is 9.73 Å². The number of benzene rings is 1. The predicted molar refractivity (Wildman–Crippen MR) is 105 cm³/mol. The van der Waals surface area contributed by atoms with Crippen LogP contribution in [-0.4, -0.2) is 37.9 Å². The maximum Gasteiger partial charge on any atom is 0.191 e. The summed E-state index contributed by atoms with van der Waals surface area (Å²) in [5.41, 5.74) is 2.35. The minimum Gasteiger partial charge on any atom is -0.396 e. The molecular weight excluding hydrogens is 314 g/mol. The van der Waals surface area contributed by atoms with Crippen molar-refractivity contribution in [2.75, 3.05) is 26.8 Å². The predicted octanol–water partition coefficient (Wildman–Crippen LogP) is 2.93. The largest absolute Gasteiger partial charge is 0.396 e. The molecule has 1 atom stereocenters. The Kier molecular flexibility index (Phi) is 10.9. The van der Waals surface area contributed by atoms with Gasteiger partial charge < -0.3 is 20.5 Å². The summed E-state index contributed by atoms with van der Waals surface area (Å²) >= 11 is 0. The number of methoxy groups -OCH3 is 1. The molecule has 25 heavy (non-hydrogen) atoms. The van der Waals surface area contributed by atoms with Crippen molar-refractivity contribution in [2.45, 2.75) is 46.8 Å². The van der Waals surface area contributed by atoms with E-state index in [0.29, 0.717) is 25.0 Å². The number of nitrogens with zero attached hydrogens (tertiary/aromatic N) is 1. The molecule has 142 valence electrons. The summed E-state index contributed by atoms with van der Waals surface area (Å²) in [6.07, 6.45) is 1.92. The number of ether oxygens (including phenoxy) is 1. The van der Waals surface area contributed by atoms with Crippen LogP contribution in [-0.2, 0) is 17.9 Å². The van der Waals surface area contributed by atoms with Gasteiger partial charge in [-0.2, -0.15) is 0 Å². The van der Waals surface area contributed by atoms with Crippen molar-refractivity contribution < 1.29 is 9.84 Å². The first-order chi connectivity index (χ1) is 12.1. The van der Waals surface area contributed by atoms with Gasteiger partial charge in [0.15, 0.2) is 5.96 Å². The fourth-order valence-electron chi connectivity index (χ4n) is 2.91. The number of hydrogen-bond donors (Lipinski definition) is 3. The first kappa shape index (κ1) is 21.5. The molecule has 5 heteroatoms. The van der Waals surface area contributed by atoms with Gasteiger partial charge in [0.2, 0.25) is 0 Å². The molecule has 5 nitrogen and oxygen atoms in total. The molecule has 0 aliphatic heterocycles. The maximum atomic E-state index is 9.27. The molecule has 0 heterocycles. The van der Waals surface area contributed by atoms with Crippen LogP contribution in [0, 0.1) is 11.8 Å². The monoisotopic (exact) mass is 349 g/mol. The van der Waals surface area contributed by atoms with Gasteiger partial charge in [-0.25, -0.2) is 4.99 Å². The van der Waals surface area contributed by atoms with Crippen molar-refractivity contribution >= 4 is 5.96 Å². The molecule has 1 unspecified atom stereocenters. The number of aliphatic hydroxyl groups excluding tert-OH is 1. The molecule has 0 fully saturated rings. The van der Waals surface area contributed by atoms with Gasteiger partial charge in [0, 0.05) is 26.8 Å². The van der Waals surface area contributed by atoms with Gasteiger partial charge >= 0.3 is 0 Å². The molecule has 0 amide bonds. The summed E-state index contributed by atoms with van der Waals surface area (Å²) < 4.78 is 5.26. The lowest BCUT2D eigenvalue weighted by atomic mass is 9.94. The zero-order chi connectivity index (χ0) is 18.5. The van der Waals surface area contributed by atoms with Crippen LogP contribution in [0.25, 0.3) is 0 Å². The number of aliphatic hydroxyl groups is 1. The van der Waals surface area contributed by atoms with E-state index in [1.807, 2.05) is 12.1 Å². The van der Waals surface area contributed by atoms with Crippen molar-refractivity contribution in [3.63, 3.8) is 0 Å². The Balaban J connectivity index is 2.70. The second kappa shape index (κ2) is 12.7. The summed E-state index contributed by atoms with van der Waals surface area (Å²) in [4.78, 5) is 4.71. The number of hydrogen-bond acceptors (Lipinski definition) is 3. The third-order valence-corrected chi connectivity index (χ3v) is 4.07. The average molecular weight is 350 g/mol. The molecule has 1 aromatic rings. The van der Waals surface area contributed by atoms with Gasteiger partial charge in [-0.05, 0) is 42.7 Å². The summed E-state index contributed by atoms with van der Waals surface area (Å²) in [6.45, 7) is 9.59. The minimum absolute atomic E-state index is 0.233. The van der Waals surface area contributed by atoms with Crippen molar-refractivity contribution in [1.29, 1.82) is 0 Å². The number of guanidine groups is 1. The second-order valence-corrected chi connectivity index (χ2v) is 6.79. The van der Waals surface area contributed by atoms with E-state index < -0.39 is 0 Å². The maximum absolute atomic E-state index is 9.27. The first-order valence-electron chi connectivity index (χ1n) is 9.29. The molecule has 1 rings (SSSR count). The standard InChI is InChI=1S/C20H35N3O2/c1-5-21-20(22-13-17(10-11-24)12-16(2)3)23-14-18-8-6-7-9-19(18)15-25-4/h6-9,16-17,24H,5,10-15H2,1-4H3,(H2,21,22,23). The van der Waals surface area contributed by atoms with Crippen LogP contribution in [0.2, 0.25) is 0 Å². The average Bonchev–Trinajstić information content (AvgIpc) is 2.58. The van der Waals surface area contributed by atoms with E-state index in [1.54, 1.807) is 7.11 Å². The molecule has 1 aromatic carbocycles. The molecule has 0 aliphatic carbocycles. The summed E-state index contributed by atoms with van der Waals surface area (Å²) in [7, 11) is 1.71. The quantitative estimate of drug-likeness (QED) is 0.424. The topological polar surface area (TPSA) is 65.9 Å². The summed E-state index contributed by atoms with van der Waals surface area (Å²) in [6, 6.07) is 8.23. The van der Waals surface area contributed by atoms with E-state index in [-0.39, 0.29) is 6.61 Å². The molecule has 0 aliphatic rings. The highest BCUT2D eigenvalue weighted by Gasteiger charge is 2.11. The highest BCUT2D eigenvalue weighted by molar-refractivity contribution is 5.79. The first-order valence-corrected chi connectivity index (χ1v) is 9.29. The van der Waals surface area contributed by atoms with Crippen LogP contribution in [0.4, 0.5) is 0 Å². The van der Waals surface area contributed by atoms with Crippen LogP contribution >= 0.6 is 0 Å². The lowest BCUT2D eigenvalue weighted by molar-refractivity contribution is 0.184. The zero-order valence-corrected chi connectivity index (χ0v) is 16.2. The summed E-state index contributed by atoms with van der Waals surface area (Å²) in [5.74, 6) is 1.90. The lowest BCUT2D eigenvalue weighted by Gasteiger charge is -2.20. The number of rotatable bonds is 11. The molecule has 3 N–H and O–H groups in total. The number of aliphatic imine (C=N–C) groups is 1. The Morgan fingerprint density at radius 2 is 1.92 bits per heavy atom. The van der Waals surface area contributed by atoms with E-state index in [0.717, 1.165) is 31.9 Å². The Morgan fingerprint density at radius 3 is 2.52 bits per heavy atom. The van der Waals surface area contributed by atoms with Crippen LogP contribution in [0.15, 0.2) is 29.3 Å². The van der Waals surface area contributed by atoms with Gasteiger partial charge in [-0.15, -0.1) is 0 Å². The van der Waals surface area contributed by atoms with Crippen molar-refractivity contribution in [1.82, 2.24) is 10.6 Å². The lowest BCUT2D eigenvalue weighted by Crippen LogP contribution is -2.40. The Bertz CT molecular complexity index is 503. The molecule has 0 radical (unpaired) electrons. The van der Waals surface area contributed by atoms with E-state index in [9.17, 15) is 5.11 Å². The second-order valence-electron chi connectivity index (χ2n) is 6.79. The van der Waals surface area contributed by atoms with Gasteiger partial charge in [-0.1, -0.05) is 38.1 Å². The van der Waals surface area contributed by atoms with Gasteiger partial charge in [0.1, 0.15) is 0 Å². The third kappa shape index (κ3) is 8.89. The molecule has 0 saturated heterocycles. The molecule has 0 aromatic heterocycles. The van der Waals surface area contributed by atoms with E-state index >= 15 is 0 Å².